The van der Waals surface area contributed by atoms with Crippen molar-refractivity contribution in [3.05, 3.63) is 28.3 Å². The van der Waals surface area contributed by atoms with E-state index in [1.165, 1.54) is 0 Å². The predicted octanol–water partition coefficient (Wildman–Crippen LogP) is 2.70. The average Bonchev–Trinajstić information content (AvgIpc) is 2.10. The fraction of sp³-hybridized carbons (Fsp3) is 0.455. The standard InChI is InChI=1S/C11H15ClO2/c1-7(2)10-6-9(12)5-8(3-4-13)11(10)14/h5-7,13-14H,3-4H2,1-2H3. The molecule has 0 bridgehead atoms. The van der Waals surface area contributed by atoms with Gasteiger partial charge in [0.25, 0.3) is 0 Å². The number of benzene rings is 1. The fourth-order valence-corrected chi connectivity index (χ4v) is 1.68. The molecule has 0 aliphatic rings. The van der Waals surface area contributed by atoms with Gasteiger partial charge in [0.2, 0.25) is 0 Å². The van der Waals surface area contributed by atoms with Crippen LogP contribution < -0.4 is 0 Å². The highest BCUT2D eigenvalue weighted by atomic mass is 35.5. The van der Waals surface area contributed by atoms with Crippen molar-refractivity contribution in [1.29, 1.82) is 0 Å². The Hall–Kier alpha value is -0.730. The summed E-state index contributed by atoms with van der Waals surface area (Å²) in [6.45, 7) is 4.01. The Bertz CT molecular complexity index is 321. The number of hydrogen-bond donors (Lipinski definition) is 2. The third-order valence-electron chi connectivity index (χ3n) is 2.19. The van der Waals surface area contributed by atoms with Crippen LogP contribution in [0.25, 0.3) is 0 Å². The minimum atomic E-state index is 0.0193. The second-order valence-corrected chi connectivity index (χ2v) is 4.07. The van der Waals surface area contributed by atoms with Crippen LogP contribution in [0.2, 0.25) is 5.02 Å². The molecule has 1 rings (SSSR count). The van der Waals surface area contributed by atoms with Crippen LogP contribution in [-0.2, 0) is 6.42 Å². The van der Waals surface area contributed by atoms with Gasteiger partial charge in [0.1, 0.15) is 5.75 Å². The first-order chi connectivity index (χ1) is 6.56. The summed E-state index contributed by atoms with van der Waals surface area (Å²) in [5.74, 6) is 0.490. The molecule has 0 saturated carbocycles. The highest BCUT2D eigenvalue weighted by Gasteiger charge is 2.11. The number of halogens is 1. The van der Waals surface area contributed by atoms with Crippen molar-refractivity contribution in [3.63, 3.8) is 0 Å². The van der Waals surface area contributed by atoms with Crippen molar-refractivity contribution in [2.75, 3.05) is 6.61 Å². The van der Waals surface area contributed by atoms with E-state index in [2.05, 4.69) is 0 Å². The van der Waals surface area contributed by atoms with Gasteiger partial charge in [-0.1, -0.05) is 25.4 Å². The van der Waals surface area contributed by atoms with E-state index in [1.807, 2.05) is 13.8 Å². The lowest BCUT2D eigenvalue weighted by molar-refractivity contribution is 0.297. The van der Waals surface area contributed by atoms with Crippen molar-refractivity contribution < 1.29 is 10.2 Å². The van der Waals surface area contributed by atoms with Gasteiger partial charge in [-0.05, 0) is 35.6 Å². The Morgan fingerprint density at radius 1 is 1.36 bits per heavy atom. The summed E-state index contributed by atoms with van der Waals surface area (Å²) in [6, 6.07) is 3.46. The topological polar surface area (TPSA) is 40.5 Å². The SMILES string of the molecule is CC(C)c1cc(Cl)cc(CCO)c1O. The highest BCUT2D eigenvalue weighted by Crippen LogP contribution is 2.32. The van der Waals surface area contributed by atoms with Gasteiger partial charge in [0.15, 0.2) is 0 Å². The fourth-order valence-electron chi connectivity index (χ4n) is 1.43. The van der Waals surface area contributed by atoms with E-state index in [0.29, 0.717) is 17.0 Å². The second kappa shape index (κ2) is 4.67. The molecule has 78 valence electrons. The van der Waals surface area contributed by atoms with Crippen LogP contribution in [0.15, 0.2) is 12.1 Å². The zero-order valence-corrected chi connectivity index (χ0v) is 9.17. The highest BCUT2D eigenvalue weighted by molar-refractivity contribution is 6.30. The van der Waals surface area contributed by atoms with Crippen LogP contribution in [0.3, 0.4) is 0 Å². The van der Waals surface area contributed by atoms with Crippen molar-refractivity contribution in [1.82, 2.24) is 0 Å². The van der Waals surface area contributed by atoms with Crippen LogP contribution in [0, 0.1) is 0 Å². The number of aliphatic hydroxyl groups excluding tert-OH is 1. The van der Waals surface area contributed by atoms with Gasteiger partial charge in [-0.3, -0.25) is 0 Å². The lowest BCUT2D eigenvalue weighted by Crippen LogP contribution is -1.96. The molecule has 0 aliphatic heterocycles. The van der Waals surface area contributed by atoms with Crippen molar-refractivity contribution in [2.45, 2.75) is 26.2 Å². The minimum absolute atomic E-state index is 0.0193. The van der Waals surface area contributed by atoms with Crippen LogP contribution in [0.1, 0.15) is 30.9 Å². The smallest absolute Gasteiger partial charge is 0.122 e. The number of rotatable bonds is 3. The molecular formula is C11H15ClO2. The molecule has 2 nitrogen and oxygen atoms in total. The van der Waals surface area contributed by atoms with E-state index < -0.39 is 0 Å². The molecule has 0 radical (unpaired) electrons. The monoisotopic (exact) mass is 214 g/mol. The largest absolute Gasteiger partial charge is 0.507 e. The van der Waals surface area contributed by atoms with Crippen molar-refractivity contribution >= 4 is 11.6 Å². The summed E-state index contributed by atoms with van der Waals surface area (Å²) in [4.78, 5) is 0. The second-order valence-electron chi connectivity index (χ2n) is 3.63. The Balaban J connectivity index is 3.18. The van der Waals surface area contributed by atoms with Gasteiger partial charge in [-0.15, -0.1) is 0 Å². The number of phenols is 1. The molecule has 1 aromatic carbocycles. The minimum Gasteiger partial charge on any atom is -0.507 e. The van der Waals surface area contributed by atoms with Crippen LogP contribution in [0.5, 0.6) is 5.75 Å². The first-order valence-corrected chi connectivity index (χ1v) is 5.06. The molecule has 1 aromatic rings. The van der Waals surface area contributed by atoms with Gasteiger partial charge >= 0.3 is 0 Å². The summed E-state index contributed by atoms with van der Waals surface area (Å²) in [7, 11) is 0. The molecule has 0 fully saturated rings. The summed E-state index contributed by atoms with van der Waals surface area (Å²) >= 11 is 5.91. The zero-order valence-electron chi connectivity index (χ0n) is 8.42. The first kappa shape index (κ1) is 11.3. The maximum Gasteiger partial charge on any atom is 0.122 e. The van der Waals surface area contributed by atoms with E-state index >= 15 is 0 Å². The zero-order chi connectivity index (χ0) is 10.7. The van der Waals surface area contributed by atoms with E-state index in [4.69, 9.17) is 16.7 Å². The van der Waals surface area contributed by atoms with Crippen LogP contribution in [0.4, 0.5) is 0 Å². The summed E-state index contributed by atoms with van der Waals surface area (Å²) < 4.78 is 0. The van der Waals surface area contributed by atoms with E-state index in [9.17, 15) is 5.11 Å². The first-order valence-electron chi connectivity index (χ1n) is 4.68. The molecule has 0 atom stereocenters. The Kier molecular flexibility index (Phi) is 3.78. The summed E-state index contributed by atoms with van der Waals surface area (Å²) in [6.07, 6.45) is 0.437. The molecular weight excluding hydrogens is 200 g/mol. The van der Waals surface area contributed by atoms with Crippen molar-refractivity contribution in [2.24, 2.45) is 0 Å². The molecule has 0 heterocycles. The molecule has 0 aliphatic carbocycles. The van der Waals surface area contributed by atoms with Crippen LogP contribution >= 0.6 is 11.6 Å². The average molecular weight is 215 g/mol. The molecule has 0 unspecified atom stereocenters. The third kappa shape index (κ3) is 2.40. The number of hydrogen-bond acceptors (Lipinski definition) is 2. The van der Waals surface area contributed by atoms with Gasteiger partial charge in [-0.25, -0.2) is 0 Å². The quantitative estimate of drug-likeness (QED) is 0.812. The van der Waals surface area contributed by atoms with Gasteiger partial charge in [-0.2, -0.15) is 0 Å². The molecule has 2 N–H and O–H groups in total. The van der Waals surface area contributed by atoms with Crippen molar-refractivity contribution in [3.8, 4) is 5.75 Å². The van der Waals surface area contributed by atoms with E-state index in [1.54, 1.807) is 12.1 Å². The molecule has 0 amide bonds. The molecule has 0 aromatic heterocycles. The van der Waals surface area contributed by atoms with E-state index in [0.717, 1.165) is 5.56 Å². The Morgan fingerprint density at radius 2 is 2.00 bits per heavy atom. The number of phenolic OH excluding ortho intramolecular Hbond substituents is 1. The lowest BCUT2D eigenvalue weighted by atomic mass is 9.98. The normalized spacial score (nSPS) is 10.9. The Morgan fingerprint density at radius 3 is 2.50 bits per heavy atom. The van der Waals surface area contributed by atoms with Gasteiger partial charge < -0.3 is 10.2 Å². The summed E-state index contributed by atoms with van der Waals surface area (Å²) in [5.41, 5.74) is 1.55. The molecule has 0 saturated heterocycles. The Labute approximate surface area is 89.1 Å². The van der Waals surface area contributed by atoms with Crippen LogP contribution in [-0.4, -0.2) is 16.8 Å². The lowest BCUT2D eigenvalue weighted by Gasteiger charge is -2.12. The van der Waals surface area contributed by atoms with E-state index in [-0.39, 0.29) is 18.3 Å². The maximum absolute atomic E-state index is 9.85. The molecule has 0 spiro atoms. The predicted molar refractivity (Wildman–Crippen MR) is 58.0 cm³/mol. The summed E-state index contributed by atoms with van der Waals surface area (Å²) in [5, 5.41) is 19.3. The van der Waals surface area contributed by atoms with Gasteiger partial charge in [0.05, 0.1) is 0 Å². The maximum atomic E-state index is 9.85. The molecule has 14 heavy (non-hydrogen) atoms. The number of aliphatic hydroxyl groups is 1. The molecule has 3 heteroatoms. The number of aromatic hydroxyl groups is 1. The third-order valence-corrected chi connectivity index (χ3v) is 2.40. The van der Waals surface area contributed by atoms with Gasteiger partial charge in [0, 0.05) is 11.6 Å².